The van der Waals surface area contributed by atoms with Crippen LogP contribution in [0.5, 0.6) is 23.0 Å². The molecule has 1 amide bonds. The predicted molar refractivity (Wildman–Crippen MR) is 164 cm³/mol. The number of hydrogen-bond acceptors (Lipinski definition) is 8. The fraction of sp³-hybridized carbons (Fsp3) is 0.412. The van der Waals surface area contributed by atoms with Gasteiger partial charge in [0, 0.05) is 13.1 Å². The highest BCUT2D eigenvalue weighted by molar-refractivity contribution is 6.08. The molecular weight excluding hydrogens is 548 g/mol. The lowest BCUT2D eigenvalue weighted by Gasteiger charge is -2.23. The Morgan fingerprint density at radius 2 is 1.35 bits per heavy atom. The maximum Gasteiger partial charge on any atom is 0.343 e. The average Bonchev–Trinajstić information content (AvgIpc) is 3.52. The molecule has 0 radical (unpaired) electrons. The number of carbonyl (C=O) groups is 2. The summed E-state index contributed by atoms with van der Waals surface area (Å²) in [4.78, 5) is 29.5. The number of amides is 1. The summed E-state index contributed by atoms with van der Waals surface area (Å²) in [5.74, 6) is 0.867. The first-order valence-corrected chi connectivity index (χ1v) is 14.6. The van der Waals surface area contributed by atoms with Crippen molar-refractivity contribution in [1.29, 1.82) is 0 Å². The number of nitrogens with zero attached hydrogens (tertiary/aromatic N) is 1. The predicted octanol–water partition coefficient (Wildman–Crippen LogP) is 5.64. The van der Waals surface area contributed by atoms with Gasteiger partial charge in [0.15, 0.2) is 11.5 Å². The minimum absolute atomic E-state index is 0.0225. The lowest BCUT2D eigenvalue weighted by Crippen LogP contribution is -2.34. The van der Waals surface area contributed by atoms with Crippen molar-refractivity contribution < 1.29 is 33.3 Å². The maximum atomic E-state index is 13.7. The average molecular weight is 591 g/mol. The minimum Gasteiger partial charge on any atom is -0.497 e. The molecule has 9 nitrogen and oxygen atoms in total. The number of carbonyl (C=O) groups excluding carboxylic acids is 2. The van der Waals surface area contributed by atoms with E-state index < -0.39 is 11.6 Å². The van der Waals surface area contributed by atoms with Crippen molar-refractivity contribution >= 4 is 11.9 Å². The third kappa shape index (κ3) is 9.12. The topological polar surface area (TPSA) is 95.6 Å². The first-order valence-electron chi connectivity index (χ1n) is 14.6. The molecule has 1 aliphatic rings. The Labute approximate surface area is 254 Å². The van der Waals surface area contributed by atoms with Crippen LogP contribution in [0.25, 0.3) is 0 Å². The Hall–Kier alpha value is -4.24. The summed E-state index contributed by atoms with van der Waals surface area (Å²) in [5, 5.41) is 2.98. The molecule has 0 bridgehead atoms. The Morgan fingerprint density at radius 3 is 1.88 bits per heavy atom. The largest absolute Gasteiger partial charge is 0.497 e. The van der Waals surface area contributed by atoms with Crippen molar-refractivity contribution in [3.63, 3.8) is 0 Å². The zero-order valence-corrected chi connectivity index (χ0v) is 25.7. The standard InChI is InChI=1S/C34H42N2O7/c1-34(2,3)43-33(38)30-28(32(37)35-18-21-36-19-6-7-20-36)16-17-29(41-22-24-8-12-26(39-4)13-9-24)31(30)42-23-25-10-14-27(40-5)15-11-25/h8-17H,6-7,18-23H2,1-5H3,(H,35,37). The van der Waals surface area contributed by atoms with Crippen molar-refractivity contribution in [2.24, 2.45) is 0 Å². The summed E-state index contributed by atoms with van der Waals surface area (Å²) in [6, 6.07) is 18.2. The van der Waals surface area contributed by atoms with Gasteiger partial charge in [-0.2, -0.15) is 0 Å². The molecular formula is C34H42N2O7. The molecule has 0 unspecified atom stereocenters. The normalized spacial score (nSPS) is 13.3. The molecule has 9 heteroatoms. The fourth-order valence-electron chi connectivity index (χ4n) is 4.73. The molecule has 230 valence electrons. The van der Waals surface area contributed by atoms with Crippen molar-refractivity contribution in [2.75, 3.05) is 40.4 Å². The molecule has 0 aromatic heterocycles. The van der Waals surface area contributed by atoms with E-state index in [2.05, 4.69) is 10.2 Å². The number of nitrogens with one attached hydrogen (secondary N) is 1. The van der Waals surface area contributed by atoms with Crippen LogP contribution in [0, 0.1) is 0 Å². The van der Waals surface area contributed by atoms with Gasteiger partial charge >= 0.3 is 5.97 Å². The van der Waals surface area contributed by atoms with Gasteiger partial charge in [-0.3, -0.25) is 4.79 Å². The highest BCUT2D eigenvalue weighted by Gasteiger charge is 2.30. The second-order valence-corrected chi connectivity index (χ2v) is 11.4. The number of esters is 1. The van der Waals surface area contributed by atoms with Crippen LogP contribution in [-0.2, 0) is 18.0 Å². The molecule has 0 atom stereocenters. The number of benzene rings is 3. The number of rotatable bonds is 13. The zero-order chi connectivity index (χ0) is 30.8. The summed E-state index contributed by atoms with van der Waals surface area (Å²) in [7, 11) is 3.22. The first kappa shape index (κ1) is 31.7. The van der Waals surface area contributed by atoms with E-state index in [4.69, 9.17) is 23.7 Å². The maximum absolute atomic E-state index is 13.7. The van der Waals surface area contributed by atoms with Crippen LogP contribution in [0.3, 0.4) is 0 Å². The van der Waals surface area contributed by atoms with Gasteiger partial charge in [0.25, 0.3) is 5.91 Å². The minimum atomic E-state index is -0.798. The summed E-state index contributed by atoms with van der Waals surface area (Å²) in [5.41, 5.74) is 1.13. The molecule has 1 heterocycles. The number of methoxy groups -OCH3 is 2. The Kier molecular flexibility index (Phi) is 10.9. The number of ether oxygens (including phenoxy) is 5. The second kappa shape index (κ2) is 14.8. The van der Waals surface area contributed by atoms with Gasteiger partial charge in [-0.15, -0.1) is 0 Å². The van der Waals surface area contributed by atoms with Crippen LogP contribution in [0.2, 0.25) is 0 Å². The van der Waals surface area contributed by atoms with Gasteiger partial charge in [0.1, 0.15) is 35.9 Å². The summed E-state index contributed by atoms with van der Waals surface area (Å²) in [6.45, 7) is 8.94. The van der Waals surface area contributed by atoms with Crippen LogP contribution in [0.1, 0.15) is 65.5 Å². The molecule has 1 fully saturated rings. The van der Waals surface area contributed by atoms with Crippen LogP contribution < -0.4 is 24.3 Å². The van der Waals surface area contributed by atoms with E-state index in [0.29, 0.717) is 18.0 Å². The highest BCUT2D eigenvalue weighted by Crippen LogP contribution is 2.37. The van der Waals surface area contributed by atoms with Gasteiger partial charge in [0.05, 0.1) is 19.8 Å². The van der Waals surface area contributed by atoms with E-state index >= 15 is 0 Å². The van der Waals surface area contributed by atoms with E-state index in [9.17, 15) is 9.59 Å². The van der Waals surface area contributed by atoms with Crippen molar-refractivity contribution in [3.05, 3.63) is 82.9 Å². The molecule has 1 aliphatic heterocycles. The molecule has 4 rings (SSSR count). The quantitative estimate of drug-likeness (QED) is 0.256. The van der Waals surface area contributed by atoms with Crippen LogP contribution >= 0.6 is 0 Å². The van der Waals surface area contributed by atoms with Gasteiger partial charge in [-0.05, 0) is 94.2 Å². The van der Waals surface area contributed by atoms with Gasteiger partial charge in [0.2, 0.25) is 0 Å². The van der Waals surface area contributed by atoms with Crippen molar-refractivity contribution in [1.82, 2.24) is 10.2 Å². The van der Waals surface area contributed by atoms with Crippen LogP contribution in [0.15, 0.2) is 60.7 Å². The SMILES string of the molecule is COc1ccc(COc2ccc(C(=O)NCCN3CCCC3)c(C(=O)OC(C)(C)C)c2OCc2ccc(OC)cc2)cc1. The Bertz CT molecular complexity index is 1360. The van der Waals surface area contributed by atoms with Gasteiger partial charge in [-0.25, -0.2) is 4.79 Å². The Morgan fingerprint density at radius 1 is 0.791 bits per heavy atom. The van der Waals surface area contributed by atoms with E-state index in [0.717, 1.165) is 36.5 Å². The van der Waals surface area contributed by atoms with E-state index in [1.54, 1.807) is 47.1 Å². The zero-order valence-electron chi connectivity index (χ0n) is 25.7. The third-order valence-corrected chi connectivity index (χ3v) is 6.98. The van der Waals surface area contributed by atoms with E-state index in [-0.39, 0.29) is 36.0 Å². The molecule has 0 spiro atoms. The highest BCUT2D eigenvalue weighted by atomic mass is 16.6. The fourth-order valence-corrected chi connectivity index (χ4v) is 4.73. The summed E-state index contributed by atoms with van der Waals surface area (Å²) in [6.07, 6.45) is 2.34. The van der Waals surface area contributed by atoms with Crippen LogP contribution in [0.4, 0.5) is 0 Å². The van der Waals surface area contributed by atoms with Crippen molar-refractivity contribution in [3.8, 4) is 23.0 Å². The third-order valence-electron chi connectivity index (χ3n) is 6.98. The van der Waals surface area contributed by atoms with Gasteiger partial charge in [-0.1, -0.05) is 24.3 Å². The molecule has 0 aliphatic carbocycles. The lowest BCUT2D eigenvalue weighted by atomic mass is 10.0. The number of likely N-dealkylation sites (tertiary alicyclic amines) is 1. The molecule has 1 N–H and O–H groups in total. The lowest BCUT2D eigenvalue weighted by molar-refractivity contribution is 0.00625. The summed E-state index contributed by atoms with van der Waals surface area (Å²) >= 11 is 0. The molecule has 3 aromatic rings. The van der Waals surface area contributed by atoms with Crippen molar-refractivity contribution in [2.45, 2.75) is 52.4 Å². The number of hydrogen-bond donors (Lipinski definition) is 1. The Balaban J connectivity index is 1.67. The van der Waals surface area contributed by atoms with E-state index in [1.165, 1.54) is 12.8 Å². The first-order chi connectivity index (χ1) is 20.7. The van der Waals surface area contributed by atoms with E-state index in [1.807, 2.05) is 48.5 Å². The molecule has 1 saturated heterocycles. The second-order valence-electron chi connectivity index (χ2n) is 11.4. The van der Waals surface area contributed by atoms with Crippen LogP contribution in [-0.4, -0.2) is 62.8 Å². The smallest absolute Gasteiger partial charge is 0.343 e. The molecule has 3 aromatic carbocycles. The van der Waals surface area contributed by atoms with Gasteiger partial charge < -0.3 is 33.9 Å². The molecule has 43 heavy (non-hydrogen) atoms. The monoisotopic (exact) mass is 590 g/mol. The summed E-state index contributed by atoms with van der Waals surface area (Å²) < 4.78 is 28.8. The molecule has 0 saturated carbocycles.